The number of para-hydroxylation sites is 1. The van der Waals surface area contributed by atoms with Crippen LogP contribution in [0.4, 0.5) is 0 Å². The fourth-order valence-corrected chi connectivity index (χ4v) is 2.80. The molecule has 5 heteroatoms. The molecule has 0 aliphatic rings. The number of nitrogens with one attached hydrogen (secondary N) is 1. The van der Waals surface area contributed by atoms with Crippen LogP contribution < -0.4 is 0 Å². The van der Waals surface area contributed by atoms with Crippen LogP contribution >= 0.6 is 11.8 Å². The number of furan rings is 1. The maximum atomic E-state index is 12.1. The Hall–Kier alpha value is -2.27. The lowest BCUT2D eigenvalue weighted by Gasteiger charge is -1.97. The largest absolute Gasteiger partial charge is 0.465 e. The number of carbonyl (C=O) groups is 1. The lowest BCUT2D eigenvalue weighted by molar-refractivity contribution is 0.103. The number of fused-ring (bicyclic) bond motifs is 1. The molecule has 3 aromatic rings. The van der Waals surface area contributed by atoms with Crippen LogP contribution in [0, 0.1) is 0 Å². The Morgan fingerprint density at radius 3 is 3.05 bits per heavy atom. The second-order valence-corrected chi connectivity index (χ2v) is 5.69. The van der Waals surface area contributed by atoms with Crippen LogP contribution in [0.25, 0.3) is 17.1 Å². The normalized spacial score (nSPS) is 11.5. The van der Waals surface area contributed by atoms with Crippen molar-refractivity contribution in [1.29, 1.82) is 0 Å². The summed E-state index contributed by atoms with van der Waals surface area (Å²) in [7, 11) is 0. The molecular formula is C16H14N2O2S. The Morgan fingerprint density at radius 1 is 1.38 bits per heavy atom. The van der Waals surface area contributed by atoms with Gasteiger partial charge < -0.3 is 9.40 Å². The van der Waals surface area contributed by atoms with Crippen LogP contribution in [0.15, 0.2) is 52.0 Å². The Balaban J connectivity index is 1.90. The van der Waals surface area contributed by atoms with Crippen molar-refractivity contribution in [3.05, 3.63) is 54.3 Å². The van der Waals surface area contributed by atoms with Gasteiger partial charge in [-0.2, -0.15) is 0 Å². The molecule has 1 aromatic carbocycles. The summed E-state index contributed by atoms with van der Waals surface area (Å²) in [4.78, 5) is 20.7. The van der Waals surface area contributed by atoms with E-state index < -0.39 is 0 Å². The van der Waals surface area contributed by atoms with Crippen LogP contribution in [-0.2, 0) is 0 Å². The third-order valence-corrected chi connectivity index (χ3v) is 3.88. The van der Waals surface area contributed by atoms with E-state index in [1.54, 1.807) is 36.2 Å². The van der Waals surface area contributed by atoms with Gasteiger partial charge in [-0.1, -0.05) is 13.0 Å². The summed E-state index contributed by atoms with van der Waals surface area (Å²) in [5, 5.41) is 0. The second kappa shape index (κ2) is 6.01. The van der Waals surface area contributed by atoms with Gasteiger partial charge in [-0.3, -0.25) is 4.79 Å². The van der Waals surface area contributed by atoms with E-state index >= 15 is 0 Å². The first-order valence-electron chi connectivity index (χ1n) is 6.65. The molecule has 0 radical (unpaired) electrons. The van der Waals surface area contributed by atoms with Crippen LogP contribution in [0.1, 0.15) is 23.3 Å². The average Bonchev–Trinajstić information content (AvgIpc) is 3.14. The molecule has 0 spiro atoms. The van der Waals surface area contributed by atoms with Crippen molar-refractivity contribution in [3.8, 4) is 0 Å². The Kier molecular flexibility index (Phi) is 3.92. The van der Waals surface area contributed by atoms with Gasteiger partial charge >= 0.3 is 0 Å². The zero-order chi connectivity index (χ0) is 14.7. The minimum Gasteiger partial charge on any atom is -0.465 e. The molecule has 0 atom stereocenters. The van der Waals surface area contributed by atoms with E-state index in [4.69, 9.17) is 4.42 Å². The molecule has 0 aliphatic carbocycles. The van der Waals surface area contributed by atoms with E-state index in [1.807, 2.05) is 18.2 Å². The number of nitrogens with zero attached hydrogens (tertiary/aromatic N) is 1. The van der Waals surface area contributed by atoms with Gasteiger partial charge in [-0.05, 0) is 42.2 Å². The second-order valence-electron chi connectivity index (χ2n) is 4.38. The monoisotopic (exact) mass is 298 g/mol. The number of imidazole rings is 1. The Labute approximate surface area is 126 Å². The molecule has 0 aliphatic heterocycles. The van der Waals surface area contributed by atoms with Crippen molar-refractivity contribution in [2.75, 3.05) is 5.75 Å². The quantitative estimate of drug-likeness (QED) is 0.436. The first-order valence-corrected chi connectivity index (χ1v) is 7.64. The number of allylic oxidation sites excluding steroid dienone is 1. The molecule has 21 heavy (non-hydrogen) atoms. The third-order valence-electron chi connectivity index (χ3n) is 2.95. The summed E-state index contributed by atoms with van der Waals surface area (Å²) >= 11 is 1.71. The third kappa shape index (κ3) is 2.92. The molecule has 0 bridgehead atoms. The fraction of sp³-hybridized carbons (Fsp3) is 0.125. The van der Waals surface area contributed by atoms with Gasteiger partial charge in [0.05, 0.1) is 11.8 Å². The Morgan fingerprint density at radius 2 is 2.29 bits per heavy atom. The molecule has 1 N–H and O–H groups in total. The van der Waals surface area contributed by atoms with Crippen molar-refractivity contribution in [3.63, 3.8) is 0 Å². The number of aromatic nitrogens is 2. The SMILES string of the molecule is CCSc1cccc2[nH]c(C(=O)/C=C/c3ccco3)nc12. The van der Waals surface area contributed by atoms with Gasteiger partial charge in [0.2, 0.25) is 5.78 Å². The van der Waals surface area contributed by atoms with Crippen LogP contribution in [-0.4, -0.2) is 21.5 Å². The molecule has 0 amide bonds. The number of hydrogen-bond acceptors (Lipinski definition) is 4. The van der Waals surface area contributed by atoms with Crippen molar-refractivity contribution in [2.45, 2.75) is 11.8 Å². The van der Waals surface area contributed by atoms with E-state index in [9.17, 15) is 4.79 Å². The fourth-order valence-electron chi connectivity index (χ4n) is 2.02. The number of H-pyrrole nitrogens is 1. The van der Waals surface area contributed by atoms with E-state index in [0.29, 0.717) is 11.6 Å². The number of carbonyl (C=O) groups excluding carboxylic acids is 1. The summed E-state index contributed by atoms with van der Waals surface area (Å²) in [5.41, 5.74) is 1.72. The molecule has 0 unspecified atom stereocenters. The molecule has 2 aromatic heterocycles. The number of hydrogen-bond donors (Lipinski definition) is 1. The maximum absolute atomic E-state index is 12.1. The predicted octanol–water partition coefficient (Wildman–Crippen LogP) is 4.16. The molecular weight excluding hydrogens is 284 g/mol. The zero-order valence-electron chi connectivity index (χ0n) is 11.5. The number of aromatic amines is 1. The maximum Gasteiger partial charge on any atom is 0.221 e. The standard InChI is InChI=1S/C16H14N2O2S/c1-2-21-14-7-3-6-12-15(14)18-16(17-12)13(19)9-8-11-5-4-10-20-11/h3-10H,2H2,1H3,(H,17,18)/b9-8+. The highest BCUT2D eigenvalue weighted by atomic mass is 32.2. The lowest BCUT2D eigenvalue weighted by atomic mass is 10.3. The first-order chi connectivity index (χ1) is 10.3. The number of ketones is 1. The van der Waals surface area contributed by atoms with Gasteiger partial charge in [0.15, 0.2) is 5.82 Å². The molecule has 0 fully saturated rings. The van der Waals surface area contributed by atoms with Gasteiger partial charge in [-0.25, -0.2) is 4.98 Å². The molecule has 0 saturated heterocycles. The van der Waals surface area contributed by atoms with Crippen molar-refractivity contribution >= 4 is 34.7 Å². The minimum atomic E-state index is -0.171. The van der Waals surface area contributed by atoms with Crippen molar-refractivity contribution < 1.29 is 9.21 Å². The van der Waals surface area contributed by atoms with E-state index in [-0.39, 0.29) is 5.78 Å². The number of thioether (sulfide) groups is 1. The summed E-state index contributed by atoms with van der Waals surface area (Å²) in [5.74, 6) is 1.78. The highest BCUT2D eigenvalue weighted by molar-refractivity contribution is 7.99. The highest BCUT2D eigenvalue weighted by Gasteiger charge is 2.11. The van der Waals surface area contributed by atoms with Crippen LogP contribution in [0.5, 0.6) is 0 Å². The summed E-state index contributed by atoms with van der Waals surface area (Å²) in [6, 6.07) is 9.48. The molecule has 106 valence electrons. The molecule has 3 rings (SSSR count). The summed E-state index contributed by atoms with van der Waals surface area (Å²) in [6.07, 6.45) is 4.67. The van der Waals surface area contributed by atoms with E-state index in [0.717, 1.165) is 21.7 Å². The number of rotatable bonds is 5. The smallest absolute Gasteiger partial charge is 0.221 e. The highest BCUT2D eigenvalue weighted by Crippen LogP contribution is 2.26. The van der Waals surface area contributed by atoms with E-state index in [2.05, 4.69) is 16.9 Å². The zero-order valence-corrected chi connectivity index (χ0v) is 12.3. The number of benzene rings is 1. The van der Waals surface area contributed by atoms with Crippen LogP contribution in [0.3, 0.4) is 0 Å². The topological polar surface area (TPSA) is 58.9 Å². The van der Waals surface area contributed by atoms with Gasteiger partial charge in [0.25, 0.3) is 0 Å². The van der Waals surface area contributed by atoms with Gasteiger partial charge in [0.1, 0.15) is 11.3 Å². The molecule has 2 heterocycles. The van der Waals surface area contributed by atoms with E-state index in [1.165, 1.54) is 6.08 Å². The lowest BCUT2D eigenvalue weighted by Crippen LogP contribution is -1.96. The summed E-state index contributed by atoms with van der Waals surface area (Å²) < 4.78 is 5.16. The summed E-state index contributed by atoms with van der Waals surface area (Å²) in [6.45, 7) is 2.09. The van der Waals surface area contributed by atoms with Crippen molar-refractivity contribution in [2.24, 2.45) is 0 Å². The average molecular weight is 298 g/mol. The van der Waals surface area contributed by atoms with Crippen molar-refractivity contribution in [1.82, 2.24) is 9.97 Å². The van der Waals surface area contributed by atoms with Crippen LogP contribution in [0.2, 0.25) is 0 Å². The predicted molar refractivity (Wildman–Crippen MR) is 84.6 cm³/mol. The van der Waals surface area contributed by atoms with Gasteiger partial charge in [0, 0.05) is 4.90 Å². The molecule has 4 nitrogen and oxygen atoms in total. The first kappa shape index (κ1) is 13.7. The molecule has 0 saturated carbocycles. The van der Waals surface area contributed by atoms with Gasteiger partial charge in [-0.15, -0.1) is 11.8 Å². The Bertz CT molecular complexity index is 788. The minimum absolute atomic E-state index is 0.171.